The molecule has 3 heteroatoms. The zero-order valence-corrected chi connectivity index (χ0v) is 9.61. The lowest BCUT2D eigenvalue weighted by atomic mass is 10.2. The second kappa shape index (κ2) is 4.87. The lowest BCUT2D eigenvalue weighted by Crippen LogP contribution is -1.98. The summed E-state index contributed by atoms with van der Waals surface area (Å²) in [6, 6.07) is 12.0. The molecule has 0 aliphatic carbocycles. The molecule has 0 radical (unpaired) electrons. The van der Waals surface area contributed by atoms with Crippen molar-refractivity contribution in [1.29, 1.82) is 0 Å². The normalized spacial score (nSPS) is 10.2. The highest BCUT2D eigenvalue weighted by molar-refractivity contribution is 5.40. The first kappa shape index (κ1) is 11.5. The van der Waals surface area contributed by atoms with Crippen LogP contribution >= 0.6 is 0 Å². The van der Waals surface area contributed by atoms with Gasteiger partial charge in [-0.2, -0.15) is 0 Å². The summed E-state index contributed by atoms with van der Waals surface area (Å²) in [7, 11) is 0. The molecule has 0 saturated heterocycles. The largest absolute Gasteiger partial charge is 0.489 e. The number of halogens is 1. The van der Waals surface area contributed by atoms with Gasteiger partial charge < -0.3 is 10.5 Å². The molecule has 0 saturated carbocycles. The number of nitrogen functional groups attached to an aromatic ring is 1. The molecule has 0 aliphatic rings. The molecule has 2 nitrogen and oxygen atoms in total. The number of hydrogen-bond donors (Lipinski definition) is 1. The summed E-state index contributed by atoms with van der Waals surface area (Å²) in [5.74, 6) is 0.438. The van der Waals surface area contributed by atoms with Gasteiger partial charge in [0.25, 0.3) is 0 Å². The summed E-state index contributed by atoms with van der Waals surface area (Å²) in [6.07, 6.45) is 0. The van der Waals surface area contributed by atoms with Crippen LogP contribution in [0.15, 0.2) is 42.5 Å². The molecule has 0 unspecified atom stereocenters. The Morgan fingerprint density at radius 1 is 1.18 bits per heavy atom. The Labute approximate surface area is 99.8 Å². The van der Waals surface area contributed by atoms with Crippen molar-refractivity contribution in [3.05, 3.63) is 59.4 Å². The third kappa shape index (κ3) is 2.97. The van der Waals surface area contributed by atoms with E-state index in [9.17, 15) is 4.39 Å². The topological polar surface area (TPSA) is 35.2 Å². The molecule has 2 N–H and O–H groups in total. The SMILES string of the molecule is Cc1cc(F)ccc1OCc1cccc(N)c1. The fourth-order valence-electron chi connectivity index (χ4n) is 1.62. The first-order valence-corrected chi connectivity index (χ1v) is 5.38. The van der Waals surface area contributed by atoms with Crippen molar-refractivity contribution < 1.29 is 9.13 Å². The van der Waals surface area contributed by atoms with Gasteiger partial charge in [-0.3, -0.25) is 0 Å². The molecular weight excluding hydrogens is 217 g/mol. The molecule has 2 rings (SSSR count). The van der Waals surface area contributed by atoms with Crippen molar-refractivity contribution in [2.45, 2.75) is 13.5 Å². The molecule has 0 aromatic heterocycles. The van der Waals surface area contributed by atoms with Gasteiger partial charge in [-0.15, -0.1) is 0 Å². The van der Waals surface area contributed by atoms with Crippen molar-refractivity contribution in [3.63, 3.8) is 0 Å². The van der Waals surface area contributed by atoms with Crippen LogP contribution in [0.4, 0.5) is 10.1 Å². The smallest absolute Gasteiger partial charge is 0.123 e. The van der Waals surface area contributed by atoms with Crippen LogP contribution in [-0.2, 0) is 6.61 Å². The monoisotopic (exact) mass is 231 g/mol. The summed E-state index contributed by atoms with van der Waals surface area (Å²) in [5.41, 5.74) is 8.16. The number of hydrogen-bond acceptors (Lipinski definition) is 2. The van der Waals surface area contributed by atoms with Gasteiger partial charge in [-0.1, -0.05) is 12.1 Å². The number of ether oxygens (including phenoxy) is 1. The minimum absolute atomic E-state index is 0.251. The molecule has 0 aliphatic heterocycles. The van der Waals surface area contributed by atoms with Crippen LogP contribution in [0.1, 0.15) is 11.1 Å². The van der Waals surface area contributed by atoms with E-state index in [1.54, 1.807) is 6.07 Å². The van der Waals surface area contributed by atoms with Gasteiger partial charge in [0, 0.05) is 5.69 Å². The Hall–Kier alpha value is -2.03. The quantitative estimate of drug-likeness (QED) is 0.822. The van der Waals surface area contributed by atoms with Crippen LogP contribution in [0.3, 0.4) is 0 Å². The Kier molecular flexibility index (Phi) is 3.28. The van der Waals surface area contributed by atoms with Crippen LogP contribution in [-0.4, -0.2) is 0 Å². The van der Waals surface area contributed by atoms with E-state index in [4.69, 9.17) is 10.5 Å². The lowest BCUT2D eigenvalue weighted by molar-refractivity contribution is 0.303. The fraction of sp³-hybridized carbons (Fsp3) is 0.143. The Balaban J connectivity index is 2.07. The van der Waals surface area contributed by atoms with Gasteiger partial charge in [0.1, 0.15) is 18.2 Å². The maximum absolute atomic E-state index is 12.9. The number of rotatable bonds is 3. The minimum atomic E-state index is -0.251. The maximum atomic E-state index is 12.9. The Morgan fingerprint density at radius 3 is 2.71 bits per heavy atom. The van der Waals surface area contributed by atoms with Crippen molar-refractivity contribution in [3.8, 4) is 5.75 Å². The van der Waals surface area contributed by atoms with Crippen LogP contribution in [0.25, 0.3) is 0 Å². The third-order valence-electron chi connectivity index (χ3n) is 2.48. The number of nitrogens with two attached hydrogens (primary N) is 1. The third-order valence-corrected chi connectivity index (χ3v) is 2.48. The van der Waals surface area contributed by atoms with Crippen molar-refractivity contribution in [2.24, 2.45) is 0 Å². The van der Waals surface area contributed by atoms with E-state index < -0.39 is 0 Å². The second-order valence-corrected chi connectivity index (χ2v) is 3.94. The highest BCUT2D eigenvalue weighted by Gasteiger charge is 2.01. The van der Waals surface area contributed by atoms with Gasteiger partial charge in [0.05, 0.1) is 0 Å². The summed E-state index contributed by atoms with van der Waals surface area (Å²) >= 11 is 0. The van der Waals surface area contributed by atoms with Crippen molar-refractivity contribution in [2.75, 3.05) is 5.73 Å². The molecule has 0 atom stereocenters. The van der Waals surface area contributed by atoms with E-state index in [-0.39, 0.29) is 5.82 Å². The summed E-state index contributed by atoms with van der Waals surface area (Å²) in [4.78, 5) is 0. The highest BCUT2D eigenvalue weighted by Crippen LogP contribution is 2.20. The van der Waals surface area contributed by atoms with E-state index in [1.807, 2.05) is 31.2 Å². The summed E-state index contributed by atoms with van der Waals surface area (Å²) < 4.78 is 18.5. The zero-order valence-electron chi connectivity index (χ0n) is 9.61. The van der Waals surface area contributed by atoms with E-state index in [1.165, 1.54) is 12.1 Å². The molecule has 17 heavy (non-hydrogen) atoms. The average Bonchev–Trinajstić information content (AvgIpc) is 2.28. The van der Waals surface area contributed by atoms with E-state index in [0.29, 0.717) is 18.0 Å². The van der Waals surface area contributed by atoms with Crippen LogP contribution in [0.5, 0.6) is 5.75 Å². The first-order valence-electron chi connectivity index (χ1n) is 5.38. The maximum Gasteiger partial charge on any atom is 0.123 e. The van der Waals surface area contributed by atoms with Crippen LogP contribution in [0, 0.1) is 12.7 Å². The Morgan fingerprint density at radius 2 is 2.00 bits per heavy atom. The van der Waals surface area contributed by atoms with E-state index in [0.717, 1.165) is 11.1 Å². The molecule has 0 fully saturated rings. The highest BCUT2D eigenvalue weighted by atomic mass is 19.1. The predicted molar refractivity (Wildman–Crippen MR) is 66.3 cm³/mol. The van der Waals surface area contributed by atoms with Gasteiger partial charge in [-0.05, 0) is 48.4 Å². The molecule has 0 bridgehead atoms. The molecule has 0 spiro atoms. The first-order chi connectivity index (χ1) is 8.15. The molecule has 2 aromatic carbocycles. The van der Waals surface area contributed by atoms with Gasteiger partial charge >= 0.3 is 0 Å². The van der Waals surface area contributed by atoms with Gasteiger partial charge in [0.15, 0.2) is 0 Å². The Bertz CT molecular complexity index is 525. The predicted octanol–water partition coefficient (Wildman–Crippen LogP) is 3.30. The fourth-order valence-corrected chi connectivity index (χ4v) is 1.62. The van der Waals surface area contributed by atoms with E-state index >= 15 is 0 Å². The molecular formula is C14H14FNO. The van der Waals surface area contributed by atoms with Crippen molar-refractivity contribution >= 4 is 5.69 Å². The lowest BCUT2D eigenvalue weighted by Gasteiger charge is -2.09. The molecule has 2 aromatic rings. The summed E-state index contributed by atoms with van der Waals surface area (Å²) in [6.45, 7) is 2.25. The molecule has 0 heterocycles. The van der Waals surface area contributed by atoms with Crippen LogP contribution < -0.4 is 10.5 Å². The second-order valence-electron chi connectivity index (χ2n) is 3.94. The number of aryl methyl sites for hydroxylation is 1. The standard InChI is InChI=1S/C14H14FNO/c1-10-7-12(15)5-6-14(10)17-9-11-3-2-4-13(16)8-11/h2-8H,9,16H2,1H3. The number of benzene rings is 2. The zero-order chi connectivity index (χ0) is 12.3. The average molecular weight is 231 g/mol. The summed E-state index contributed by atoms with van der Waals surface area (Å²) in [5, 5.41) is 0. The van der Waals surface area contributed by atoms with Gasteiger partial charge in [-0.25, -0.2) is 4.39 Å². The molecule has 0 amide bonds. The van der Waals surface area contributed by atoms with E-state index in [2.05, 4.69) is 0 Å². The molecule has 88 valence electrons. The van der Waals surface area contributed by atoms with Crippen LogP contribution in [0.2, 0.25) is 0 Å². The van der Waals surface area contributed by atoms with Crippen molar-refractivity contribution in [1.82, 2.24) is 0 Å². The van der Waals surface area contributed by atoms with Gasteiger partial charge in [0.2, 0.25) is 0 Å². The number of anilines is 1. The minimum Gasteiger partial charge on any atom is -0.489 e.